The van der Waals surface area contributed by atoms with Gasteiger partial charge in [0.2, 0.25) is 8.03 Å². The topological polar surface area (TPSA) is 88.1 Å². The highest BCUT2D eigenvalue weighted by atomic mass is 31.1. The van der Waals surface area contributed by atoms with Crippen LogP contribution in [-0.2, 0) is 32.9 Å². The number of rotatable bonds is 9. The van der Waals surface area contributed by atoms with Crippen molar-refractivity contribution < 1.29 is 32.9 Å². The van der Waals surface area contributed by atoms with Gasteiger partial charge in [-0.15, -0.1) is 0 Å². The fraction of sp³-hybridized carbons (Fsp3) is 0.800. The average Bonchev–Trinajstić information content (AvgIpc) is 2.29. The summed E-state index contributed by atoms with van der Waals surface area (Å²) in [6.45, 7) is 3.61. The number of ether oxygens (including phenoxy) is 3. The molecule has 7 nitrogen and oxygen atoms in total. The monoisotopic (exact) mass is 282 g/mol. The Bertz CT molecular complexity index is 272. The summed E-state index contributed by atoms with van der Waals surface area (Å²) in [6.07, 6.45) is -1.67. The zero-order chi connectivity index (χ0) is 14.0. The summed E-state index contributed by atoms with van der Waals surface area (Å²) in [5.74, 6) is -1.34. The van der Waals surface area contributed by atoms with Gasteiger partial charge in [-0.1, -0.05) is 0 Å². The van der Waals surface area contributed by atoms with E-state index >= 15 is 0 Å². The van der Waals surface area contributed by atoms with Gasteiger partial charge in [-0.25, -0.2) is 4.79 Å². The minimum Gasteiger partial charge on any atom is -0.466 e. The summed E-state index contributed by atoms with van der Waals surface area (Å²) >= 11 is 0. The molecule has 0 N–H and O–H groups in total. The van der Waals surface area contributed by atoms with E-state index in [1.54, 1.807) is 13.8 Å². The van der Waals surface area contributed by atoms with Crippen molar-refractivity contribution in [1.82, 2.24) is 0 Å². The van der Waals surface area contributed by atoms with E-state index in [1.165, 1.54) is 7.11 Å². The van der Waals surface area contributed by atoms with Crippen LogP contribution in [0.2, 0.25) is 0 Å². The Morgan fingerprint density at radius 3 is 2.28 bits per heavy atom. The lowest BCUT2D eigenvalue weighted by atomic mass is 10.2. The van der Waals surface area contributed by atoms with E-state index in [4.69, 9.17) is 14.0 Å². The molecule has 0 saturated heterocycles. The summed E-state index contributed by atoms with van der Waals surface area (Å²) < 4.78 is 30.4. The molecule has 18 heavy (non-hydrogen) atoms. The molecule has 0 bridgehead atoms. The molecule has 2 atom stereocenters. The Balaban J connectivity index is 4.46. The highest BCUT2D eigenvalue weighted by Crippen LogP contribution is 2.26. The molecule has 0 aliphatic rings. The number of hydrogen-bond donors (Lipinski definition) is 0. The van der Waals surface area contributed by atoms with E-state index in [2.05, 4.69) is 4.74 Å². The van der Waals surface area contributed by atoms with E-state index in [1.807, 2.05) is 0 Å². The number of carbonyl (C=O) groups excluding carboxylic acids is 2. The fourth-order valence-electron chi connectivity index (χ4n) is 1.09. The van der Waals surface area contributed by atoms with E-state index in [-0.39, 0.29) is 26.0 Å². The number of carbonyl (C=O) groups is 2. The quantitative estimate of drug-likeness (QED) is 0.460. The molecule has 0 saturated carbocycles. The zero-order valence-electron chi connectivity index (χ0n) is 10.8. The first-order valence-electron chi connectivity index (χ1n) is 5.55. The van der Waals surface area contributed by atoms with E-state index in [0.717, 1.165) is 0 Å². The van der Waals surface area contributed by atoms with Crippen LogP contribution in [0.4, 0.5) is 0 Å². The molecule has 0 fully saturated rings. The minimum absolute atomic E-state index is 0.122. The first kappa shape index (κ1) is 17.1. The van der Waals surface area contributed by atoms with Crippen molar-refractivity contribution in [2.45, 2.75) is 26.4 Å². The summed E-state index contributed by atoms with van der Waals surface area (Å²) in [6, 6.07) is 0. The number of methoxy groups -OCH3 is 1. The van der Waals surface area contributed by atoms with Crippen LogP contribution in [0.3, 0.4) is 0 Å². The van der Waals surface area contributed by atoms with Crippen LogP contribution in [0.15, 0.2) is 0 Å². The number of esters is 2. The lowest BCUT2D eigenvalue weighted by Gasteiger charge is -2.15. The van der Waals surface area contributed by atoms with Crippen molar-refractivity contribution in [3.05, 3.63) is 0 Å². The summed E-state index contributed by atoms with van der Waals surface area (Å²) in [4.78, 5) is 22.8. The van der Waals surface area contributed by atoms with Crippen LogP contribution < -0.4 is 0 Å². The van der Waals surface area contributed by atoms with Crippen LogP contribution in [0.5, 0.6) is 0 Å². The molecule has 0 rings (SSSR count). The van der Waals surface area contributed by atoms with Crippen LogP contribution in [-0.4, -0.2) is 44.7 Å². The fourth-order valence-corrected chi connectivity index (χ4v) is 1.89. The molecule has 0 aromatic rings. The molecule has 0 radical (unpaired) electrons. The molecule has 0 aromatic carbocycles. The van der Waals surface area contributed by atoms with Crippen molar-refractivity contribution >= 4 is 20.0 Å². The number of hydrogen-bond acceptors (Lipinski definition) is 7. The lowest BCUT2D eigenvalue weighted by Crippen LogP contribution is -2.28. The van der Waals surface area contributed by atoms with Crippen LogP contribution in [0.25, 0.3) is 0 Å². The summed E-state index contributed by atoms with van der Waals surface area (Å²) in [5, 5.41) is 0. The highest BCUT2D eigenvalue weighted by Gasteiger charge is 2.26. The maximum absolute atomic E-state index is 11.5. The van der Waals surface area contributed by atoms with Crippen molar-refractivity contribution in [2.75, 3.05) is 26.7 Å². The van der Waals surface area contributed by atoms with E-state index in [9.17, 15) is 14.2 Å². The Hall–Kier alpha value is -0.910. The average molecular weight is 282 g/mol. The van der Waals surface area contributed by atoms with Crippen LogP contribution in [0.1, 0.15) is 20.3 Å². The van der Waals surface area contributed by atoms with Gasteiger partial charge in [0, 0.05) is 7.11 Å². The first-order valence-corrected chi connectivity index (χ1v) is 7.08. The summed E-state index contributed by atoms with van der Waals surface area (Å²) in [5.41, 5.74) is 0. The Morgan fingerprint density at radius 1 is 1.17 bits per heavy atom. The largest absolute Gasteiger partial charge is 0.466 e. The third kappa shape index (κ3) is 7.42. The van der Waals surface area contributed by atoms with Crippen molar-refractivity contribution in [3.8, 4) is 0 Å². The predicted octanol–water partition coefficient (Wildman–Crippen LogP) is 0.967. The molecule has 0 spiro atoms. The highest BCUT2D eigenvalue weighted by molar-refractivity contribution is 7.38. The third-order valence-corrected chi connectivity index (χ3v) is 2.81. The minimum atomic E-state index is -2.54. The van der Waals surface area contributed by atoms with Gasteiger partial charge in [0.05, 0.1) is 19.6 Å². The maximum atomic E-state index is 11.5. The predicted molar refractivity (Wildman–Crippen MR) is 63.6 cm³/mol. The van der Waals surface area contributed by atoms with E-state index in [0.29, 0.717) is 0 Å². The molecule has 106 valence electrons. The first-order chi connectivity index (χ1) is 8.54. The molecule has 0 heterocycles. The molecule has 0 aromatic heterocycles. The van der Waals surface area contributed by atoms with Crippen molar-refractivity contribution in [2.24, 2.45) is 0 Å². The molecular formula is C10H19O7P. The smallest absolute Gasteiger partial charge is 0.336 e. The van der Waals surface area contributed by atoms with Gasteiger partial charge in [-0.2, -0.15) is 0 Å². The Kier molecular flexibility index (Phi) is 9.55. The van der Waals surface area contributed by atoms with Gasteiger partial charge < -0.3 is 18.7 Å². The van der Waals surface area contributed by atoms with Gasteiger partial charge in [0.15, 0.2) is 6.10 Å². The SMILES string of the molecule is CCOC(=O)CC(O[PH](=O)COC)C(=O)OCC. The molecule has 0 aliphatic carbocycles. The molecule has 8 heteroatoms. The zero-order valence-corrected chi connectivity index (χ0v) is 11.8. The molecular weight excluding hydrogens is 263 g/mol. The maximum Gasteiger partial charge on any atom is 0.336 e. The Labute approximate surface area is 107 Å². The molecule has 0 amide bonds. The summed E-state index contributed by atoms with van der Waals surface area (Å²) in [7, 11) is -1.18. The van der Waals surface area contributed by atoms with Gasteiger partial charge in [0.1, 0.15) is 6.35 Å². The van der Waals surface area contributed by atoms with Gasteiger partial charge >= 0.3 is 11.9 Å². The van der Waals surface area contributed by atoms with Crippen molar-refractivity contribution in [1.29, 1.82) is 0 Å². The van der Waals surface area contributed by atoms with Gasteiger partial charge in [-0.3, -0.25) is 9.36 Å². The van der Waals surface area contributed by atoms with Gasteiger partial charge in [0.25, 0.3) is 0 Å². The molecule has 0 aliphatic heterocycles. The second-order valence-corrected chi connectivity index (χ2v) is 4.44. The second kappa shape index (κ2) is 10.1. The Morgan fingerprint density at radius 2 is 1.78 bits per heavy atom. The van der Waals surface area contributed by atoms with Gasteiger partial charge in [-0.05, 0) is 13.8 Å². The van der Waals surface area contributed by atoms with Crippen LogP contribution >= 0.6 is 8.03 Å². The third-order valence-electron chi connectivity index (χ3n) is 1.74. The lowest BCUT2D eigenvalue weighted by molar-refractivity contribution is -0.157. The second-order valence-electron chi connectivity index (χ2n) is 3.17. The van der Waals surface area contributed by atoms with Crippen LogP contribution in [0, 0.1) is 0 Å². The van der Waals surface area contributed by atoms with Crippen molar-refractivity contribution in [3.63, 3.8) is 0 Å². The normalized spacial score (nSPS) is 13.7. The standard InChI is InChI=1S/C10H19O7P/c1-4-15-9(11)6-8(10(12)16-5-2)17-18(13)7-14-3/h8,18H,4-7H2,1-3H3. The molecule has 2 unspecified atom stereocenters. The van der Waals surface area contributed by atoms with E-state index < -0.39 is 26.1 Å².